The summed E-state index contributed by atoms with van der Waals surface area (Å²) in [5, 5.41) is 30.0. The van der Waals surface area contributed by atoms with Gasteiger partial charge < -0.3 is 15.4 Å². The van der Waals surface area contributed by atoms with E-state index in [-0.39, 0.29) is 31.0 Å². The van der Waals surface area contributed by atoms with Crippen molar-refractivity contribution >= 4 is 6.09 Å². The Morgan fingerprint density at radius 2 is 1.79 bits per heavy atom. The molecule has 2 N–H and O–H groups in total. The lowest BCUT2D eigenvalue weighted by atomic mass is 9.58. The zero-order valence-electron chi connectivity index (χ0n) is 18.1. The summed E-state index contributed by atoms with van der Waals surface area (Å²) in [5.41, 5.74) is 6.26. The van der Waals surface area contributed by atoms with Gasteiger partial charge in [-0.25, -0.2) is 9.18 Å². The minimum absolute atomic E-state index is 0.0729. The second kappa shape index (κ2) is 9.10. The molecule has 168 valence electrons. The normalized spacial score (nSPS) is 20.8. The largest absolute Gasteiger partial charge is 0.445 e. The average molecular weight is 453 g/mol. The molecule has 2 aromatic carbocycles. The maximum Gasteiger partial charge on any atom is 0.410 e. The van der Waals surface area contributed by atoms with Crippen molar-refractivity contribution in [1.82, 2.24) is 4.90 Å². The summed E-state index contributed by atoms with van der Waals surface area (Å²) in [4.78, 5) is 14.3. The molecule has 34 heavy (non-hydrogen) atoms. The highest BCUT2D eigenvalue weighted by Gasteiger charge is 2.54. The summed E-state index contributed by atoms with van der Waals surface area (Å²) in [6.07, 6.45) is 1.15. The molecular formula is C26H20FN5O2. The number of ether oxygens (including phenoxy) is 1. The summed E-state index contributed by atoms with van der Waals surface area (Å²) in [6, 6.07) is 20.8. The molecule has 0 bridgehead atoms. The lowest BCUT2D eigenvalue weighted by molar-refractivity contribution is 0.0898. The maximum atomic E-state index is 13.6. The van der Waals surface area contributed by atoms with E-state index in [9.17, 15) is 25.0 Å². The lowest BCUT2D eigenvalue weighted by Crippen LogP contribution is -2.49. The Balaban J connectivity index is 1.73. The Morgan fingerprint density at radius 3 is 2.41 bits per heavy atom. The molecule has 0 saturated heterocycles. The Hall–Kier alpha value is -4.61. The van der Waals surface area contributed by atoms with Gasteiger partial charge in [0.1, 0.15) is 18.5 Å². The van der Waals surface area contributed by atoms with Crippen molar-refractivity contribution in [2.45, 2.75) is 12.5 Å². The second-order valence-electron chi connectivity index (χ2n) is 8.17. The minimum Gasteiger partial charge on any atom is -0.445 e. The molecule has 0 aromatic heterocycles. The van der Waals surface area contributed by atoms with Gasteiger partial charge in [0.15, 0.2) is 5.41 Å². The van der Waals surface area contributed by atoms with Gasteiger partial charge in [-0.3, -0.25) is 0 Å². The van der Waals surface area contributed by atoms with Crippen LogP contribution in [0, 0.1) is 51.1 Å². The number of hydrogen-bond acceptors (Lipinski definition) is 6. The lowest BCUT2D eigenvalue weighted by Gasteiger charge is -2.45. The van der Waals surface area contributed by atoms with Gasteiger partial charge in [0.2, 0.25) is 0 Å². The van der Waals surface area contributed by atoms with Crippen molar-refractivity contribution in [3.63, 3.8) is 0 Å². The van der Waals surface area contributed by atoms with E-state index in [1.54, 1.807) is 6.08 Å². The third kappa shape index (κ3) is 3.74. The molecule has 8 heteroatoms. The van der Waals surface area contributed by atoms with Crippen molar-refractivity contribution in [2.75, 3.05) is 13.1 Å². The van der Waals surface area contributed by atoms with Crippen molar-refractivity contribution in [3.8, 4) is 18.2 Å². The maximum absolute atomic E-state index is 13.6. The van der Waals surface area contributed by atoms with Crippen molar-refractivity contribution in [1.29, 1.82) is 15.8 Å². The van der Waals surface area contributed by atoms with Crippen LogP contribution in [0.5, 0.6) is 0 Å². The summed E-state index contributed by atoms with van der Waals surface area (Å²) < 4.78 is 19.1. The Kier molecular flexibility index (Phi) is 6.04. The molecule has 2 aromatic rings. The van der Waals surface area contributed by atoms with E-state index >= 15 is 0 Å². The number of hydrogen-bond donors (Lipinski definition) is 1. The van der Waals surface area contributed by atoms with E-state index in [0.29, 0.717) is 11.1 Å². The van der Waals surface area contributed by atoms with Crippen LogP contribution in [0.3, 0.4) is 0 Å². The number of fused-ring (bicyclic) bond motifs is 1. The molecule has 0 unspecified atom stereocenters. The van der Waals surface area contributed by atoms with E-state index < -0.39 is 29.2 Å². The Bertz CT molecular complexity index is 1280. The number of carbonyl (C=O) groups is 1. The number of benzene rings is 2. The SMILES string of the molecule is N#CC1=C(N)C(C#N)(C#N)[C@H](c2ccc(F)cc2)[C@@H]2CN(C(=O)OCc3ccccc3)CC=C12. The number of halogens is 1. The van der Waals surface area contributed by atoms with Crippen molar-refractivity contribution in [2.24, 2.45) is 17.1 Å². The van der Waals surface area contributed by atoms with Crippen LogP contribution in [-0.4, -0.2) is 24.1 Å². The number of rotatable bonds is 3. The van der Waals surface area contributed by atoms with Crippen LogP contribution in [0.2, 0.25) is 0 Å². The smallest absolute Gasteiger partial charge is 0.410 e. The third-order valence-electron chi connectivity index (χ3n) is 6.36. The predicted molar refractivity (Wildman–Crippen MR) is 119 cm³/mol. The second-order valence-corrected chi connectivity index (χ2v) is 8.17. The molecule has 0 spiro atoms. The van der Waals surface area contributed by atoms with Crippen molar-refractivity contribution in [3.05, 3.63) is 94.5 Å². The fourth-order valence-electron chi connectivity index (χ4n) is 4.69. The van der Waals surface area contributed by atoms with Gasteiger partial charge in [0.25, 0.3) is 0 Å². The Labute approximate surface area is 196 Å². The highest BCUT2D eigenvalue weighted by atomic mass is 19.1. The van der Waals surface area contributed by atoms with Crippen LogP contribution < -0.4 is 5.73 Å². The number of carbonyl (C=O) groups excluding carboxylic acids is 1. The third-order valence-corrected chi connectivity index (χ3v) is 6.36. The quantitative estimate of drug-likeness (QED) is 0.751. The number of nitrogens with two attached hydrogens (primary N) is 1. The summed E-state index contributed by atoms with van der Waals surface area (Å²) in [7, 11) is 0. The summed E-state index contributed by atoms with van der Waals surface area (Å²) in [6.45, 7) is 0.376. The van der Waals surface area contributed by atoms with Crippen LogP contribution in [0.4, 0.5) is 9.18 Å². The molecule has 0 radical (unpaired) electrons. The molecule has 2 aliphatic rings. The molecule has 2 atom stereocenters. The molecule has 1 aliphatic heterocycles. The van der Waals surface area contributed by atoms with E-state index in [0.717, 1.165) is 5.56 Å². The van der Waals surface area contributed by atoms with Crippen LogP contribution in [-0.2, 0) is 11.3 Å². The van der Waals surface area contributed by atoms with Crippen LogP contribution in [0.15, 0.2) is 77.5 Å². The van der Waals surface area contributed by atoms with E-state index in [4.69, 9.17) is 10.5 Å². The monoisotopic (exact) mass is 453 g/mol. The molecule has 7 nitrogen and oxygen atoms in total. The first-order chi connectivity index (χ1) is 16.4. The fourth-order valence-corrected chi connectivity index (χ4v) is 4.69. The minimum atomic E-state index is -1.86. The van der Waals surface area contributed by atoms with Crippen LogP contribution in [0.25, 0.3) is 0 Å². The predicted octanol–water partition coefficient (Wildman–Crippen LogP) is 3.89. The van der Waals surface area contributed by atoms with Crippen molar-refractivity contribution < 1.29 is 13.9 Å². The summed E-state index contributed by atoms with van der Waals surface area (Å²) in [5.74, 6) is -1.88. The number of allylic oxidation sites excluding steroid dienone is 2. The van der Waals surface area contributed by atoms with Crippen LogP contribution >= 0.6 is 0 Å². The number of amides is 1. The molecular weight excluding hydrogens is 433 g/mol. The topological polar surface area (TPSA) is 127 Å². The summed E-state index contributed by atoms with van der Waals surface area (Å²) >= 11 is 0. The highest BCUT2D eigenvalue weighted by molar-refractivity contribution is 5.69. The van der Waals surface area contributed by atoms with E-state index in [1.165, 1.54) is 29.2 Å². The first-order valence-corrected chi connectivity index (χ1v) is 10.6. The number of nitriles is 3. The standard InChI is InChI=1S/C26H20FN5O2/c27-19-8-6-18(7-9-19)23-22-13-32(25(33)34-14-17-4-2-1-3-5-17)11-10-20(22)21(12-28)24(31)26(23,15-29)16-30/h1-10,22-23H,11,13-14,31H2/t22-,23-/m1/s1. The Morgan fingerprint density at radius 1 is 1.12 bits per heavy atom. The van der Waals surface area contributed by atoms with E-state index in [1.807, 2.05) is 48.5 Å². The van der Waals surface area contributed by atoms with Gasteiger partial charge in [-0.05, 0) is 28.8 Å². The van der Waals surface area contributed by atoms with Gasteiger partial charge in [-0.1, -0.05) is 48.5 Å². The van der Waals surface area contributed by atoms with Gasteiger partial charge in [0.05, 0.1) is 23.4 Å². The molecule has 0 fully saturated rings. The van der Waals surface area contributed by atoms with Gasteiger partial charge in [-0.2, -0.15) is 15.8 Å². The highest BCUT2D eigenvalue weighted by Crippen LogP contribution is 2.54. The van der Waals surface area contributed by atoms with E-state index in [2.05, 4.69) is 0 Å². The fraction of sp³-hybridized carbons (Fsp3) is 0.231. The zero-order chi connectivity index (χ0) is 24.3. The molecule has 0 saturated carbocycles. The molecule has 1 amide bonds. The van der Waals surface area contributed by atoms with Gasteiger partial charge in [0, 0.05) is 24.9 Å². The first kappa shape index (κ1) is 22.6. The number of nitrogens with zero attached hydrogens (tertiary/aromatic N) is 4. The zero-order valence-corrected chi connectivity index (χ0v) is 18.1. The average Bonchev–Trinajstić information content (AvgIpc) is 2.88. The molecule has 4 rings (SSSR count). The first-order valence-electron chi connectivity index (χ1n) is 10.6. The molecule has 1 heterocycles. The van der Waals surface area contributed by atoms with Gasteiger partial charge in [-0.15, -0.1) is 0 Å². The molecule has 1 aliphatic carbocycles. The van der Waals surface area contributed by atoms with Gasteiger partial charge >= 0.3 is 6.09 Å². The van der Waals surface area contributed by atoms with Crippen LogP contribution in [0.1, 0.15) is 17.0 Å².